The number of nitrogens with zero attached hydrogens (tertiary/aromatic N) is 1. The summed E-state index contributed by atoms with van der Waals surface area (Å²) in [6, 6.07) is 10.6. The summed E-state index contributed by atoms with van der Waals surface area (Å²) < 4.78 is 5.57. The van der Waals surface area contributed by atoms with E-state index >= 15 is 0 Å². The highest BCUT2D eigenvalue weighted by atomic mass is 16.5. The number of carbonyl (C=O) groups excluding carboxylic acids is 2. The van der Waals surface area contributed by atoms with E-state index < -0.39 is 6.10 Å². The summed E-state index contributed by atoms with van der Waals surface area (Å²) in [7, 11) is 0. The summed E-state index contributed by atoms with van der Waals surface area (Å²) in [5.74, 6) is -0.333. The fraction of sp³-hybridized carbons (Fsp3) is 0.316. The van der Waals surface area contributed by atoms with Gasteiger partial charge in [-0.2, -0.15) is 0 Å². The standard InChI is InChI=1S/C19H22N4O3/c20-10-16-7-8-17(26-16)19(25)22-11-13-3-5-14(6-4-13)18(24)23-15-2-1-9-21-12-15/h1-6,9,12,16-17H,7-8,10-11,20H2,(H,22,25)(H,23,24)/t16-,17+/m1/s1. The molecule has 2 atom stereocenters. The first-order valence-electron chi connectivity index (χ1n) is 8.59. The van der Waals surface area contributed by atoms with Gasteiger partial charge in [0, 0.05) is 24.8 Å². The summed E-state index contributed by atoms with van der Waals surface area (Å²) in [5.41, 5.74) is 7.64. The third-order valence-corrected chi connectivity index (χ3v) is 4.27. The number of hydrogen-bond donors (Lipinski definition) is 3. The fourth-order valence-electron chi connectivity index (χ4n) is 2.79. The Morgan fingerprint density at radius 3 is 2.65 bits per heavy atom. The first-order chi connectivity index (χ1) is 12.7. The predicted octanol–water partition coefficient (Wildman–Crippen LogP) is 1.46. The van der Waals surface area contributed by atoms with Crippen LogP contribution in [-0.4, -0.2) is 35.6 Å². The van der Waals surface area contributed by atoms with Gasteiger partial charge in [0.05, 0.1) is 18.0 Å². The molecule has 7 nitrogen and oxygen atoms in total. The molecule has 0 aliphatic carbocycles. The molecule has 136 valence electrons. The maximum atomic E-state index is 12.2. The highest BCUT2D eigenvalue weighted by Crippen LogP contribution is 2.19. The molecule has 1 saturated heterocycles. The Morgan fingerprint density at radius 2 is 2.00 bits per heavy atom. The molecule has 0 saturated carbocycles. The van der Waals surface area contributed by atoms with Crippen molar-refractivity contribution in [2.24, 2.45) is 5.73 Å². The van der Waals surface area contributed by atoms with E-state index in [2.05, 4.69) is 15.6 Å². The normalized spacial score (nSPS) is 19.1. The summed E-state index contributed by atoms with van der Waals surface area (Å²) in [6.45, 7) is 0.822. The minimum atomic E-state index is -0.423. The fourth-order valence-corrected chi connectivity index (χ4v) is 2.79. The zero-order chi connectivity index (χ0) is 18.4. The molecule has 0 bridgehead atoms. The lowest BCUT2D eigenvalue weighted by Gasteiger charge is -2.13. The zero-order valence-electron chi connectivity index (χ0n) is 14.4. The quantitative estimate of drug-likeness (QED) is 0.728. The number of nitrogens with one attached hydrogen (secondary N) is 2. The van der Waals surface area contributed by atoms with Gasteiger partial charge in [-0.25, -0.2) is 0 Å². The number of nitrogens with two attached hydrogens (primary N) is 1. The first kappa shape index (κ1) is 18.0. The van der Waals surface area contributed by atoms with E-state index in [1.807, 2.05) is 12.1 Å². The molecule has 4 N–H and O–H groups in total. The Hall–Kier alpha value is -2.77. The van der Waals surface area contributed by atoms with Gasteiger partial charge in [-0.3, -0.25) is 14.6 Å². The van der Waals surface area contributed by atoms with Gasteiger partial charge >= 0.3 is 0 Å². The lowest BCUT2D eigenvalue weighted by molar-refractivity contribution is -0.132. The number of hydrogen-bond acceptors (Lipinski definition) is 5. The van der Waals surface area contributed by atoms with Crippen LogP contribution in [0.5, 0.6) is 0 Å². The molecule has 2 amide bonds. The van der Waals surface area contributed by atoms with Crippen LogP contribution in [0.15, 0.2) is 48.8 Å². The van der Waals surface area contributed by atoms with Crippen LogP contribution in [0.3, 0.4) is 0 Å². The molecule has 7 heteroatoms. The predicted molar refractivity (Wildman–Crippen MR) is 97.4 cm³/mol. The minimum Gasteiger partial charge on any atom is -0.364 e. The molecular weight excluding hydrogens is 332 g/mol. The number of pyridine rings is 1. The molecule has 0 radical (unpaired) electrons. The molecular formula is C19H22N4O3. The number of benzene rings is 1. The molecule has 26 heavy (non-hydrogen) atoms. The summed E-state index contributed by atoms with van der Waals surface area (Å²) in [6.07, 6.45) is 4.29. The molecule has 0 unspecified atom stereocenters. The molecule has 0 spiro atoms. The SMILES string of the molecule is NC[C@H]1CC[C@@H](C(=O)NCc2ccc(C(=O)Nc3cccnc3)cc2)O1. The van der Waals surface area contributed by atoms with Gasteiger partial charge in [0.25, 0.3) is 5.91 Å². The number of rotatable bonds is 6. The van der Waals surface area contributed by atoms with Crippen LogP contribution in [0, 0.1) is 0 Å². The third kappa shape index (κ3) is 4.65. The Kier molecular flexibility index (Phi) is 5.93. The second kappa shape index (κ2) is 8.55. The molecule has 1 aromatic heterocycles. The molecule has 1 fully saturated rings. The molecule has 2 heterocycles. The number of anilines is 1. The second-order valence-corrected chi connectivity index (χ2v) is 6.17. The molecule has 1 aromatic carbocycles. The van der Waals surface area contributed by atoms with Crippen molar-refractivity contribution in [3.63, 3.8) is 0 Å². The highest BCUT2D eigenvalue weighted by Gasteiger charge is 2.29. The minimum absolute atomic E-state index is 0.0247. The monoisotopic (exact) mass is 354 g/mol. The molecule has 1 aliphatic heterocycles. The topological polar surface area (TPSA) is 106 Å². The average molecular weight is 354 g/mol. The van der Waals surface area contributed by atoms with Crippen molar-refractivity contribution in [1.82, 2.24) is 10.3 Å². The van der Waals surface area contributed by atoms with E-state index in [4.69, 9.17) is 10.5 Å². The molecule has 3 rings (SSSR count). The van der Waals surface area contributed by atoms with E-state index in [-0.39, 0.29) is 17.9 Å². The largest absolute Gasteiger partial charge is 0.364 e. The van der Waals surface area contributed by atoms with Gasteiger partial charge < -0.3 is 21.1 Å². The van der Waals surface area contributed by atoms with Crippen molar-refractivity contribution in [3.05, 3.63) is 59.9 Å². The van der Waals surface area contributed by atoms with Crippen LogP contribution in [-0.2, 0) is 16.1 Å². The first-order valence-corrected chi connectivity index (χ1v) is 8.59. The van der Waals surface area contributed by atoms with E-state index in [1.165, 1.54) is 0 Å². The smallest absolute Gasteiger partial charge is 0.255 e. The Morgan fingerprint density at radius 1 is 1.19 bits per heavy atom. The Balaban J connectivity index is 1.50. The van der Waals surface area contributed by atoms with Gasteiger partial charge in [0.2, 0.25) is 5.91 Å². The van der Waals surface area contributed by atoms with E-state index in [0.717, 1.165) is 12.0 Å². The van der Waals surface area contributed by atoms with Gasteiger partial charge in [0.15, 0.2) is 0 Å². The van der Waals surface area contributed by atoms with Crippen LogP contribution in [0.25, 0.3) is 0 Å². The van der Waals surface area contributed by atoms with Crippen molar-refractivity contribution < 1.29 is 14.3 Å². The zero-order valence-corrected chi connectivity index (χ0v) is 14.4. The van der Waals surface area contributed by atoms with Crippen molar-refractivity contribution in [1.29, 1.82) is 0 Å². The summed E-state index contributed by atoms with van der Waals surface area (Å²) >= 11 is 0. The number of aromatic nitrogens is 1. The number of ether oxygens (including phenoxy) is 1. The maximum Gasteiger partial charge on any atom is 0.255 e. The van der Waals surface area contributed by atoms with Crippen LogP contribution in [0.1, 0.15) is 28.8 Å². The third-order valence-electron chi connectivity index (χ3n) is 4.27. The van der Waals surface area contributed by atoms with Crippen molar-refractivity contribution in [2.75, 3.05) is 11.9 Å². The van der Waals surface area contributed by atoms with E-state index in [1.54, 1.807) is 36.7 Å². The van der Waals surface area contributed by atoms with Crippen molar-refractivity contribution >= 4 is 17.5 Å². The molecule has 2 aromatic rings. The van der Waals surface area contributed by atoms with Crippen LogP contribution >= 0.6 is 0 Å². The number of amides is 2. The van der Waals surface area contributed by atoms with E-state index in [0.29, 0.717) is 30.8 Å². The van der Waals surface area contributed by atoms with Gasteiger partial charge in [-0.1, -0.05) is 12.1 Å². The van der Waals surface area contributed by atoms with Crippen LogP contribution in [0.2, 0.25) is 0 Å². The molecule has 1 aliphatic rings. The second-order valence-electron chi connectivity index (χ2n) is 6.17. The Bertz CT molecular complexity index is 749. The van der Waals surface area contributed by atoms with Crippen molar-refractivity contribution in [3.8, 4) is 0 Å². The van der Waals surface area contributed by atoms with Crippen molar-refractivity contribution in [2.45, 2.75) is 31.6 Å². The van der Waals surface area contributed by atoms with Crippen LogP contribution in [0.4, 0.5) is 5.69 Å². The Labute approximate surface area is 151 Å². The maximum absolute atomic E-state index is 12.2. The van der Waals surface area contributed by atoms with E-state index in [9.17, 15) is 9.59 Å². The lowest BCUT2D eigenvalue weighted by Crippen LogP contribution is -2.35. The van der Waals surface area contributed by atoms with Gasteiger partial charge in [0.1, 0.15) is 6.10 Å². The summed E-state index contributed by atoms with van der Waals surface area (Å²) in [5, 5.41) is 5.64. The van der Waals surface area contributed by atoms with Crippen LogP contribution < -0.4 is 16.4 Å². The lowest BCUT2D eigenvalue weighted by atomic mass is 10.1. The summed E-state index contributed by atoms with van der Waals surface area (Å²) in [4.78, 5) is 28.3. The highest BCUT2D eigenvalue weighted by molar-refractivity contribution is 6.04. The number of carbonyl (C=O) groups is 2. The van der Waals surface area contributed by atoms with Gasteiger partial charge in [-0.15, -0.1) is 0 Å². The average Bonchev–Trinajstić information content (AvgIpc) is 3.17. The van der Waals surface area contributed by atoms with Gasteiger partial charge in [-0.05, 0) is 42.7 Å².